The maximum Gasteiger partial charge on any atom is 1.00 e. The molecule has 0 fully saturated rings. The largest absolute Gasteiger partial charge is 1.00 e. The molecule has 3 N–H and O–H groups in total. The number of hydrogen-bond donors (Lipinski definition) is 3. The van der Waals surface area contributed by atoms with Crippen molar-refractivity contribution in [1.82, 2.24) is 0 Å². The van der Waals surface area contributed by atoms with E-state index in [4.69, 9.17) is 24.0 Å². The Balaban J connectivity index is 0.000000615. The van der Waals surface area contributed by atoms with Crippen LogP contribution in [0.25, 0.3) is 0 Å². The van der Waals surface area contributed by atoms with Gasteiger partial charge in [0, 0.05) is 0 Å². The molecule has 3 rings (SSSR count). The van der Waals surface area contributed by atoms with Gasteiger partial charge in [0.25, 0.3) is 0 Å². The van der Waals surface area contributed by atoms with Crippen molar-refractivity contribution in [1.29, 1.82) is 0 Å². The first kappa shape index (κ1) is 19.4. The number of fused-ring (bicyclic) bond motifs is 1. The van der Waals surface area contributed by atoms with Crippen molar-refractivity contribution < 1.29 is 55.0 Å². The van der Waals surface area contributed by atoms with Gasteiger partial charge >= 0.3 is 37.4 Å². The Morgan fingerprint density at radius 2 is 1.55 bits per heavy atom. The van der Waals surface area contributed by atoms with Crippen LogP contribution in [0.5, 0.6) is 5.75 Å². The molecule has 0 saturated heterocycles. The monoisotopic (exact) mass is 332 g/mol. The molecule has 2 aromatic carbocycles. The van der Waals surface area contributed by atoms with Gasteiger partial charge in [0.05, 0.1) is 0 Å². The smallest absolute Gasteiger partial charge is 1.00 e. The predicted octanol–water partition coefficient (Wildman–Crippen LogP) is -0.0592. The van der Waals surface area contributed by atoms with Crippen LogP contribution in [0.2, 0.25) is 0 Å². The van der Waals surface area contributed by atoms with Crippen LogP contribution >= 0.6 is 7.82 Å². The third kappa shape index (κ3) is 6.63. The SMILES string of the molecule is O=P(O)(O)O.[H-].[Na+].c1ccc(C2CCc3ccccc3O2)cc1. The fourth-order valence-corrected chi connectivity index (χ4v) is 2.23. The molecule has 1 aliphatic heterocycles. The van der Waals surface area contributed by atoms with Gasteiger partial charge in [-0.3, -0.25) is 0 Å². The van der Waals surface area contributed by atoms with Crippen molar-refractivity contribution in [2.75, 3.05) is 0 Å². The third-order valence-electron chi connectivity index (χ3n) is 3.09. The standard InChI is InChI=1S/C15H14O.Na.H3O4P.H/c1-2-6-12(7-3-1)15-11-10-13-8-4-5-9-14(13)16-15;;1-5(2,3)4;/h1-9,15H,10-11H2;;(H3,1,2,3,4);/q;+1;;-1. The molecule has 0 spiro atoms. The Hall–Kier alpha value is -0.650. The van der Waals surface area contributed by atoms with E-state index < -0.39 is 7.82 Å². The summed E-state index contributed by atoms with van der Waals surface area (Å²) >= 11 is 0. The van der Waals surface area contributed by atoms with E-state index in [2.05, 4.69) is 42.5 Å². The molecule has 0 amide bonds. The maximum absolute atomic E-state index is 8.88. The summed E-state index contributed by atoms with van der Waals surface area (Å²) in [5.74, 6) is 1.04. The number of phosphoric acid groups is 1. The van der Waals surface area contributed by atoms with Crippen molar-refractivity contribution in [2.24, 2.45) is 0 Å². The van der Waals surface area contributed by atoms with E-state index in [9.17, 15) is 0 Å². The summed E-state index contributed by atoms with van der Waals surface area (Å²) in [5, 5.41) is 0. The number of ether oxygens (including phenoxy) is 1. The van der Waals surface area contributed by atoms with Crippen LogP contribution < -0.4 is 34.3 Å². The normalized spacial score (nSPS) is 16.2. The van der Waals surface area contributed by atoms with Crippen LogP contribution in [0, 0.1) is 0 Å². The topological polar surface area (TPSA) is 87.0 Å². The molecular weight excluding hydrogens is 314 g/mol. The van der Waals surface area contributed by atoms with Gasteiger partial charge in [-0.1, -0.05) is 48.5 Å². The van der Waals surface area contributed by atoms with Gasteiger partial charge in [-0.25, -0.2) is 4.57 Å². The van der Waals surface area contributed by atoms with Gasteiger partial charge in [-0.2, -0.15) is 0 Å². The fraction of sp³-hybridized carbons (Fsp3) is 0.200. The number of benzene rings is 2. The number of rotatable bonds is 1. The Morgan fingerprint density at radius 1 is 1.00 bits per heavy atom. The summed E-state index contributed by atoms with van der Waals surface area (Å²) in [5.41, 5.74) is 2.60. The van der Waals surface area contributed by atoms with Crippen molar-refractivity contribution in [3.63, 3.8) is 0 Å². The zero-order chi connectivity index (χ0) is 15.3. The van der Waals surface area contributed by atoms with Gasteiger partial charge < -0.3 is 20.8 Å². The molecule has 0 aliphatic carbocycles. The summed E-state index contributed by atoms with van der Waals surface area (Å²) < 4.78 is 14.9. The molecule has 1 unspecified atom stereocenters. The van der Waals surface area contributed by atoms with Gasteiger partial charge in [-0.15, -0.1) is 0 Å². The first-order valence-electron chi connectivity index (χ1n) is 6.51. The Morgan fingerprint density at radius 3 is 2.18 bits per heavy atom. The van der Waals surface area contributed by atoms with Crippen LogP contribution in [-0.2, 0) is 11.0 Å². The molecule has 0 saturated carbocycles. The van der Waals surface area contributed by atoms with Crippen molar-refractivity contribution in [2.45, 2.75) is 18.9 Å². The summed E-state index contributed by atoms with van der Waals surface area (Å²) in [6, 6.07) is 18.8. The summed E-state index contributed by atoms with van der Waals surface area (Å²) in [7, 11) is -4.64. The fourth-order valence-electron chi connectivity index (χ4n) is 2.23. The average molecular weight is 332 g/mol. The van der Waals surface area contributed by atoms with E-state index in [-0.39, 0.29) is 37.1 Å². The van der Waals surface area contributed by atoms with E-state index >= 15 is 0 Å². The van der Waals surface area contributed by atoms with Crippen molar-refractivity contribution in [3.8, 4) is 5.75 Å². The summed E-state index contributed by atoms with van der Waals surface area (Å²) in [6.45, 7) is 0. The molecule has 0 aromatic heterocycles. The van der Waals surface area contributed by atoms with E-state index in [1.165, 1.54) is 11.1 Å². The Kier molecular flexibility index (Phi) is 7.80. The molecule has 2 aromatic rings. The molecular formula is C15H18NaO5P. The first-order chi connectivity index (χ1) is 9.93. The molecule has 1 heterocycles. The zero-order valence-corrected chi connectivity index (χ0v) is 15.2. The molecule has 0 radical (unpaired) electrons. The second kappa shape index (κ2) is 8.85. The third-order valence-corrected chi connectivity index (χ3v) is 3.09. The van der Waals surface area contributed by atoms with E-state index in [0.29, 0.717) is 0 Å². The second-order valence-electron chi connectivity index (χ2n) is 4.68. The number of para-hydroxylation sites is 1. The van der Waals surface area contributed by atoms with E-state index in [0.717, 1.165) is 18.6 Å². The Bertz CT molecular complexity index is 627. The van der Waals surface area contributed by atoms with E-state index in [1.807, 2.05) is 12.1 Å². The summed E-state index contributed by atoms with van der Waals surface area (Å²) in [6.07, 6.45) is 2.40. The molecule has 1 aliphatic rings. The molecule has 1 atom stereocenters. The first-order valence-corrected chi connectivity index (χ1v) is 8.08. The second-order valence-corrected chi connectivity index (χ2v) is 5.70. The van der Waals surface area contributed by atoms with Crippen molar-refractivity contribution in [3.05, 3.63) is 65.7 Å². The summed E-state index contributed by atoms with van der Waals surface area (Å²) in [4.78, 5) is 21.6. The molecule has 22 heavy (non-hydrogen) atoms. The minimum atomic E-state index is -4.64. The molecule has 114 valence electrons. The van der Waals surface area contributed by atoms with Gasteiger partial charge in [0.15, 0.2) is 0 Å². The predicted molar refractivity (Wildman–Crippen MR) is 79.9 cm³/mol. The molecule has 5 nitrogen and oxygen atoms in total. The van der Waals surface area contributed by atoms with Crippen LogP contribution in [0.15, 0.2) is 54.6 Å². The van der Waals surface area contributed by atoms with Crippen LogP contribution in [0.4, 0.5) is 0 Å². The van der Waals surface area contributed by atoms with Crippen molar-refractivity contribution >= 4 is 7.82 Å². The van der Waals surface area contributed by atoms with Crippen LogP contribution in [0.3, 0.4) is 0 Å². The van der Waals surface area contributed by atoms with Crippen LogP contribution in [0.1, 0.15) is 25.1 Å². The zero-order valence-electron chi connectivity index (χ0n) is 13.3. The van der Waals surface area contributed by atoms with Gasteiger partial charge in [-0.05, 0) is 30.0 Å². The number of aryl methyl sites for hydroxylation is 1. The maximum atomic E-state index is 8.88. The van der Waals surface area contributed by atoms with E-state index in [1.54, 1.807) is 0 Å². The quantitative estimate of drug-likeness (QED) is 0.503. The van der Waals surface area contributed by atoms with Crippen LogP contribution in [-0.4, -0.2) is 14.7 Å². The number of hydrogen-bond acceptors (Lipinski definition) is 2. The molecule has 7 heteroatoms. The Labute approximate surface area is 153 Å². The van der Waals surface area contributed by atoms with Gasteiger partial charge in [0.1, 0.15) is 11.9 Å². The minimum Gasteiger partial charge on any atom is -1.00 e. The average Bonchev–Trinajstić information content (AvgIpc) is 2.46. The minimum absolute atomic E-state index is 0. The molecule has 0 bridgehead atoms. The van der Waals surface area contributed by atoms with Gasteiger partial charge in [0.2, 0.25) is 0 Å².